The van der Waals surface area contributed by atoms with Gasteiger partial charge in [0.25, 0.3) is 0 Å². The summed E-state index contributed by atoms with van der Waals surface area (Å²) in [6, 6.07) is -0.197. The number of carbonyl (C=O) groups is 1. The van der Waals surface area contributed by atoms with E-state index in [9.17, 15) is 17.6 Å². The molecule has 2 aliphatic heterocycles. The molecule has 0 radical (unpaired) electrons. The van der Waals surface area contributed by atoms with Gasteiger partial charge in [-0.1, -0.05) is 6.92 Å². The Morgan fingerprint density at radius 2 is 2.29 bits per heavy atom. The van der Waals surface area contributed by atoms with Crippen LogP contribution >= 0.6 is 0 Å². The Bertz CT molecular complexity index is 714. The highest BCUT2D eigenvalue weighted by molar-refractivity contribution is 7.92. The number of amides is 2. The third-order valence-corrected chi connectivity index (χ3v) is 6.54. The van der Waals surface area contributed by atoms with Crippen LogP contribution in [0.4, 0.5) is 9.18 Å². The van der Waals surface area contributed by atoms with Crippen LogP contribution in [0.5, 0.6) is 0 Å². The molecule has 0 unspecified atom stereocenters. The van der Waals surface area contributed by atoms with E-state index in [0.717, 1.165) is 18.8 Å². The second-order valence-corrected chi connectivity index (χ2v) is 8.67. The number of urea groups is 1. The lowest BCUT2D eigenvalue weighted by Gasteiger charge is -2.51. The first-order valence-corrected chi connectivity index (χ1v) is 9.61. The van der Waals surface area contributed by atoms with Crippen molar-refractivity contribution in [2.45, 2.75) is 30.7 Å². The summed E-state index contributed by atoms with van der Waals surface area (Å²) in [6.07, 6.45) is 3.03. The topological polar surface area (TPSA) is 93.5 Å². The number of hydrogen-bond acceptors (Lipinski definition) is 5. The van der Waals surface area contributed by atoms with Gasteiger partial charge in [-0.2, -0.15) is 5.10 Å². The SMILES string of the molecule is CCCNC(=O)N1CC2(C1)CS(=O)(=O)[C@@H](Cn1cc(F)cn1)CO2. The van der Waals surface area contributed by atoms with E-state index >= 15 is 0 Å². The molecule has 8 nitrogen and oxygen atoms in total. The Hall–Kier alpha value is -1.68. The summed E-state index contributed by atoms with van der Waals surface area (Å²) in [4.78, 5) is 13.4. The Labute approximate surface area is 139 Å². The zero-order valence-electron chi connectivity index (χ0n) is 13.4. The molecule has 0 aromatic carbocycles. The normalized spacial score (nSPS) is 24.6. The molecule has 1 aromatic rings. The molecular formula is C14H21FN4O4S. The van der Waals surface area contributed by atoms with Crippen LogP contribution in [-0.2, 0) is 21.1 Å². The number of nitrogens with zero attached hydrogens (tertiary/aromatic N) is 3. The van der Waals surface area contributed by atoms with Crippen LogP contribution in [0.3, 0.4) is 0 Å². The Balaban J connectivity index is 1.58. The van der Waals surface area contributed by atoms with Gasteiger partial charge in [0.1, 0.15) is 10.9 Å². The summed E-state index contributed by atoms with van der Waals surface area (Å²) < 4.78 is 45.0. The van der Waals surface area contributed by atoms with Crippen molar-refractivity contribution in [2.24, 2.45) is 0 Å². The molecule has 3 rings (SSSR count). The van der Waals surface area contributed by atoms with Crippen LogP contribution in [0.15, 0.2) is 12.4 Å². The molecule has 3 heterocycles. The number of carbonyl (C=O) groups excluding carboxylic acids is 1. The van der Waals surface area contributed by atoms with Gasteiger partial charge in [-0.15, -0.1) is 0 Å². The number of likely N-dealkylation sites (tertiary alicyclic amines) is 1. The van der Waals surface area contributed by atoms with E-state index in [1.165, 1.54) is 4.68 Å². The fourth-order valence-electron chi connectivity index (χ4n) is 3.03. The molecule has 2 aliphatic rings. The first kappa shape index (κ1) is 17.2. The minimum atomic E-state index is -3.41. The van der Waals surface area contributed by atoms with Crippen LogP contribution in [0.25, 0.3) is 0 Å². The monoisotopic (exact) mass is 360 g/mol. The van der Waals surface area contributed by atoms with Gasteiger partial charge < -0.3 is 15.0 Å². The van der Waals surface area contributed by atoms with Gasteiger partial charge in [-0.3, -0.25) is 4.68 Å². The Morgan fingerprint density at radius 3 is 2.88 bits per heavy atom. The van der Waals surface area contributed by atoms with Crippen molar-refractivity contribution in [3.8, 4) is 0 Å². The lowest BCUT2D eigenvalue weighted by atomic mass is 9.96. The van der Waals surface area contributed by atoms with E-state index in [1.807, 2.05) is 6.92 Å². The van der Waals surface area contributed by atoms with Crippen LogP contribution < -0.4 is 5.32 Å². The highest BCUT2D eigenvalue weighted by Crippen LogP contribution is 2.33. The van der Waals surface area contributed by atoms with Crippen molar-refractivity contribution in [3.63, 3.8) is 0 Å². The number of hydrogen-bond donors (Lipinski definition) is 1. The summed E-state index contributed by atoms with van der Waals surface area (Å²) >= 11 is 0. The number of sulfone groups is 1. The van der Waals surface area contributed by atoms with Crippen molar-refractivity contribution in [3.05, 3.63) is 18.2 Å². The second-order valence-electron chi connectivity index (χ2n) is 6.39. The van der Waals surface area contributed by atoms with Gasteiger partial charge >= 0.3 is 6.03 Å². The molecule has 24 heavy (non-hydrogen) atoms. The molecular weight excluding hydrogens is 339 g/mol. The van der Waals surface area contributed by atoms with Gasteiger partial charge in [0, 0.05) is 6.54 Å². The van der Waals surface area contributed by atoms with E-state index in [1.54, 1.807) is 4.90 Å². The van der Waals surface area contributed by atoms with Crippen molar-refractivity contribution in [1.82, 2.24) is 20.0 Å². The molecule has 2 fully saturated rings. The lowest BCUT2D eigenvalue weighted by molar-refractivity contribution is -0.118. The molecule has 2 saturated heterocycles. The van der Waals surface area contributed by atoms with Crippen LogP contribution in [0.1, 0.15) is 13.3 Å². The highest BCUT2D eigenvalue weighted by atomic mass is 32.2. The van der Waals surface area contributed by atoms with Crippen molar-refractivity contribution >= 4 is 15.9 Å². The first-order chi connectivity index (χ1) is 11.3. The van der Waals surface area contributed by atoms with Crippen LogP contribution in [0.2, 0.25) is 0 Å². The highest BCUT2D eigenvalue weighted by Gasteiger charge is 2.53. The average molecular weight is 360 g/mol. The smallest absolute Gasteiger partial charge is 0.317 e. The Morgan fingerprint density at radius 1 is 1.54 bits per heavy atom. The van der Waals surface area contributed by atoms with Gasteiger partial charge in [0.05, 0.1) is 44.4 Å². The minimum Gasteiger partial charge on any atom is -0.369 e. The number of aromatic nitrogens is 2. The second kappa shape index (κ2) is 6.32. The molecule has 1 atom stereocenters. The third-order valence-electron chi connectivity index (χ3n) is 4.31. The quantitative estimate of drug-likeness (QED) is 0.816. The van der Waals surface area contributed by atoms with E-state index in [-0.39, 0.29) is 38.0 Å². The summed E-state index contributed by atoms with van der Waals surface area (Å²) in [7, 11) is -3.41. The maximum Gasteiger partial charge on any atom is 0.317 e. The maximum absolute atomic E-state index is 13.0. The molecule has 134 valence electrons. The molecule has 1 spiro atoms. The van der Waals surface area contributed by atoms with Gasteiger partial charge in [0.15, 0.2) is 15.7 Å². The fraction of sp³-hybridized carbons (Fsp3) is 0.714. The van der Waals surface area contributed by atoms with Crippen LogP contribution in [-0.4, -0.2) is 72.0 Å². The zero-order chi connectivity index (χ0) is 17.4. The molecule has 0 saturated carbocycles. The van der Waals surface area contributed by atoms with E-state index in [0.29, 0.717) is 6.54 Å². The third kappa shape index (κ3) is 3.39. The Kier molecular flexibility index (Phi) is 4.52. The van der Waals surface area contributed by atoms with E-state index in [4.69, 9.17) is 4.74 Å². The molecule has 0 aliphatic carbocycles. The lowest BCUT2D eigenvalue weighted by Crippen LogP contribution is -2.71. The van der Waals surface area contributed by atoms with Gasteiger partial charge in [0.2, 0.25) is 0 Å². The van der Waals surface area contributed by atoms with Crippen LogP contribution in [0, 0.1) is 5.82 Å². The summed E-state index contributed by atoms with van der Waals surface area (Å²) in [5.41, 5.74) is -0.811. The zero-order valence-corrected chi connectivity index (χ0v) is 14.3. The molecule has 1 N–H and O–H groups in total. The fourth-order valence-corrected chi connectivity index (χ4v) is 4.92. The number of ether oxygens (including phenoxy) is 1. The van der Waals surface area contributed by atoms with Gasteiger partial charge in [-0.05, 0) is 6.42 Å². The predicted molar refractivity (Wildman–Crippen MR) is 83.7 cm³/mol. The summed E-state index contributed by atoms with van der Waals surface area (Å²) in [6.45, 7) is 3.16. The predicted octanol–water partition coefficient (Wildman–Crippen LogP) is 0.00980. The molecule has 10 heteroatoms. The van der Waals surface area contributed by atoms with Gasteiger partial charge in [-0.25, -0.2) is 17.6 Å². The number of rotatable bonds is 4. The number of halogens is 1. The summed E-state index contributed by atoms with van der Waals surface area (Å²) in [5, 5.41) is 5.77. The first-order valence-electron chi connectivity index (χ1n) is 7.90. The number of nitrogens with one attached hydrogen (secondary N) is 1. The van der Waals surface area contributed by atoms with Crippen molar-refractivity contribution in [2.75, 3.05) is 32.0 Å². The molecule has 0 bridgehead atoms. The molecule has 1 aromatic heterocycles. The van der Waals surface area contributed by atoms with E-state index in [2.05, 4.69) is 10.4 Å². The van der Waals surface area contributed by atoms with Crippen molar-refractivity contribution in [1.29, 1.82) is 0 Å². The molecule has 2 amide bonds. The summed E-state index contributed by atoms with van der Waals surface area (Å²) in [5.74, 6) is -0.639. The van der Waals surface area contributed by atoms with Crippen molar-refractivity contribution < 1.29 is 22.3 Å². The largest absolute Gasteiger partial charge is 0.369 e. The standard InChI is InChI=1S/C14H21FN4O4S/c1-2-3-16-13(20)18-8-14(9-18)10-24(21,22)12(7-23-14)6-19-5-11(15)4-17-19/h4-5,12H,2-3,6-10H2,1H3,(H,16,20)/t12-/m0/s1. The average Bonchev–Trinajstić information content (AvgIpc) is 2.89. The van der Waals surface area contributed by atoms with E-state index < -0.39 is 26.5 Å². The minimum absolute atomic E-state index is 0.0221. The maximum atomic E-state index is 13.0.